The molecule has 3 amide bonds. The third kappa shape index (κ3) is 12.7. The van der Waals surface area contributed by atoms with E-state index in [2.05, 4.69) is 43.6 Å². The van der Waals surface area contributed by atoms with Crippen LogP contribution in [0.2, 0.25) is 0 Å². The molecule has 0 heterocycles. The summed E-state index contributed by atoms with van der Waals surface area (Å²) in [7, 11) is 0. The maximum atomic E-state index is 12.0. The molecule has 1 rings (SSSR count). The molecule has 0 saturated heterocycles. The minimum Gasteiger partial charge on any atom is -0.347 e. The number of nitrogens with one attached hydrogen (secondary N) is 3. The van der Waals surface area contributed by atoms with Gasteiger partial charge in [-0.2, -0.15) is 0 Å². The van der Waals surface area contributed by atoms with Crippen LogP contribution in [0.4, 0.5) is 5.69 Å². The lowest BCUT2D eigenvalue weighted by Gasteiger charge is -2.09. The first-order chi connectivity index (χ1) is 13.8. The van der Waals surface area contributed by atoms with Crippen molar-refractivity contribution in [2.24, 2.45) is 11.8 Å². The van der Waals surface area contributed by atoms with Gasteiger partial charge in [-0.15, -0.1) is 0 Å². The molecule has 6 heteroatoms. The Hall–Kier alpha value is -2.37. The maximum Gasteiger partial charge on any atom is 0.243 e. The largest absolute Gasteiger partial charge is 0.347 e. The smallest absolute Gasteiger partial charge is 0.243 e. The molecule has 0 atom stereocenters. The van der Waals surface area contributed by atoms with Crippen molar-refractivity contribution < 1.29 is 14.4 Å². The van der Waals surface area contributed by atoms with Crippen LogP contribution in [0.3, 0.4) is 0 Å². The van der Waals surface area contributed by atoms with Crippen LogP contribution in [0.5, 0.6) is 0 Å². The first kappa shape index (κ1) is 24.7. The number of carbonyl (C=O) groups is 3. The molecule has 162 valence electrons. The lowest BCUT2D eigenvalue weighted by Crippen LogP contribution is -2.40. The number of rotatable bonds is 13. The number of benzene rings is 1. The highest BCUT2D eigenvalue weighted by Crippen LogP contribution is 2.13. The lowest BCUT2D eigenvalue weighted by atomic mass is 10.0. The van der Waals surface area contributed by atoms with Crippen molar-refractivity contribution in [3.63, 3.8) is 0 Å². The van der Waals surface area contributed by atoms with Crippen molar-refractivity contribution in [1.29, 1.82) is 0 Å². The van der Waals surface area contributed by atoms with Crippen LogP contribution in [-0.4, -0.2) is 30.8 Å². The van der Waals surface area contributed by atoms with Crippen molar-refractivity contribution in [2.45, 2.75) is 66.2 Å². The van der Waals surface area contributed by atoms with Crippen LogP contribution in [-0.2, 0) is 20.8 Å². The Labute approximate surface area is 175 Å². The average Bonchev–Trinajstić information content (AvgIpc) is 2.65. The Balaban J connectivity index is 2.17. The summed E-state index contributed by atoms with van der Waals surface area (Å²) in [6, 6.07) is 7.71. The van der Waals surface area contributed by atoms with E-state index < -0.39 is 0 Å². The van der Waals surface area contributed by atoms with Gasteiger partial charge in [0.15, 0.2) is 0 Å². The van der Waals surface area contributed by atoms with Crippen molar-refractivity contribution in [2.75, 3.05) is 18.4 Å². The second-order valence-electron chi connectivity index (χ2n) is 8.39. The highest BCUT2D eigenvalue weighted by Gasteiger charge is 2.08. The molecule has 6 nitrogen and oxygen atoms in total. The molecule has 0 saturated carbocycles. The molecule has 0 aromatic heterocycles. The molecule has 0 aliphatic rings. The van der Waals surface area contributed by atoms with Crippen molar-refractivity contribution in [3.05, 3.63) is 29.8 Å². The Morgan fingerprint density at radius 2 is 1.38 bits per heavy atom. The van der Waals surface area contributed by atoms with Crippen LogP contribution < -0.4 is 16.0 Å². The van der Waals surface area contributed by atoms with Gasteiger partial charge in [0.1, 0.15) is 0 Å². The normalized spacial score (nSPS) is 10.8. The molecule has 0 aliphatic heterocycles. The van der Waals surface area contributed by atoms with Gasteiger partial charge in [-0.1, -0.05) is 59.1 Å². The van der Waals surface area contributed by atoms with Gasteiger partial charge in [-0.3, -0.25) is 14.4 Å². The molecule has 3 N–H and O–H groups in total. The predicted molar refractivity (Wildman–Crippen MR) is 118 cm³/mol. The number of unbranched alkanes of at least 4 members (excludes halogenated alkanes) is 2. The average molecular weight is 404 g/mol. The summed E-state index contributed by atoms with van der Waals surface area (Å²) in [5.74, 6) is 0.465. The molecule has 0 radical (unpaired) electrons. The van der Waals surface area contributed by atoms with E-state index in [1.165, 1.54) is 12.0 Å². The van der Waals surface area contributed by atoms with E-state index in [-0.39, 0.29) is 30.8 Å². The van der Waals surface area contributed by atoms with Gasteiger partial charge in [0.05, 0.1) is 13.1 Å². The summed E-state index contributed by atoms with van der Waals surface area (Å²) >= 11 is 0. The fourth-order valence-corrected chi connectivity index (χ4v) is 2.92. The van der Waals surface area contributed by atoms with Gasteiger partial charge in [0.2, 0.25) is 17.7 Å². The maximum absolute atomic E-state index is 12.0. The first-order valence-corrected chi connectivity index (χ1v) is 10.7. The second-order valence-corrected chi connectivity index (χ2v) is 8.39. The Kier molecular flexibility index (Phi) is 11.7. The van der Waals surface area contributed by atoms with E-state index >= 15 is 0 Å². The summed E-state index contributed by atoms with van der Waals surface area (Å²) in [5.41, 5.74) is 1.92. The summed E-state index contributed by atoms with van der Waals surface area (Å²) in [4.78, 5) is 35.5. The van der Waals surface area contributed by atoms with Gasteiger partial charge >= 0.3 is 0 Å². The molecule has 1 aromatic rings. The number of anilines is 1. The molecular weight excluding hydrogens is 366 g/mol. The van der Waals surface area contributed by atoms with E-state index in [9.17, 15) is 14.4 Å². The van der Waals surface area contributed by atoms with E-state index in [0.29, 0.717) is 23.9 Å². The first-order valence-electron chi connectivity index (χ1n) is 10.7. The minimum atomic E-state index is -0.374. The monoisotopic (exact) mass is 403 g/mol. The van der Waals surface area contributed by atoms with Crippen molar-refractivity contribution in [3.8, 4) is 0 Å². The molecular formula is C23H37N3O3. The zero-order chi connectivity index (χ0) is 21.6. The quantitative estimate of drug-likeness (QED) is 0.439. The van der Waals surface area contributed by atoms with Gasteiger partial charge in [-0.25, -0.2) is 0 Å². The SMILES string of the molecule is CC(C)CCCCCC(=O)NCC(=O)NCC(=O)Nc1ccc(CC(C)C)cc1. The molecule has 0 aliphatic carbocycles. The van der Waals surface area contributed by atoms with Crippen molar-refractivity contribution >= 4 is 23.4 Å². The van der Waals surface area contributed by atoms with E-state index in [0.717, 1.165) is 25.7 Å². The highest BCUT2D eigenvalue weighted by molar-refractivity contribution is 5.95. The van der Waals surface area contributed by atoms with Crippen LogP contribution in [0, 0.1) is 11.8 Å². The van der Waals surface area contributed by atoms with E-state index in [1.54, 1.807) is 0 Å². The van der Waals surface area contributed by atoms with Crippen LogP contribution in [0.25, 0.3) is 0 Å². The molecule has 0 unspecified atom stereocenters. The topological polar surface area (TPSA) is 87.3 Å². The molecule has 0 spiro atoms. The number of carbonyl (C=O) groups excluding carboxylic acids is 3. The van der Waals surface area contributed by atoms with Crippen LogP contribution >= 0.6 is 0 Å². The van der Waals surface area contributed by atoms with Crippen LogP contribution in [0.15, 0.2) is 24.3 Å². The second kappa shape index (κ2) is 13.7. The van der Waals surface area contributed by atoms with Gasteiger partial charge < -0.3 is 16.0 Å². The zero-order valence-electron chi connectivity index (χ0n) is 18.3. The summed E-state index contributed by atoms with van der Waals surface area (Å²) in [5, 5.41) is 7.86. The summed E-state index contributed by atoms with van der Waals surface area (Å²) in [6.07, 6.45) is 5.58. The molecule has 0 bridgehead atoms. The summed E-state index contributed by atoms with van der Waals surface area (Å²) in [6.45, 7) is 8.47. The molecule has 29 heavy (non-hydrogen) atoms. The standard InChI is InChI=1S/C23H37N3O3/c1-17(2)8-6-5-7-9-21(27)24-15-22(28)25-16-23(29)26-20-12-10-19(11-13-20)14-18(3)4/h10-13,17-18H,5-9,14-16H2,1-4H3,(H,24,27)(H,25,28)(H,26,29). The number of amides is 3. The highest BCUT2D eigenvalue weighted by atomic mass is 16.2. The Morgan fingerprint density at radius 1 is 0.759 bits per heavy atom. The molecule has 0 fully saturated rings. The predicted octanol–water partition coefficient (Wildman–Crippen LogP) is 3.66. The number of hydrogen-bond donors (Lipinski definition) is 3. The van der Waals surface area contributed by atoms with Crippen molar-refractivity contribution in [1.82, 2.24) is 10.6 Å². The third-order valence-electron chi connectivity index (χ3n) is 4.46. The van der Waals surface area contributed by atoms with Gasteiger partial charge in [0.25, 0.3) is 0 Å². The van der Waals surface area contributed by atoms with Crippen LogP contribution in [0.1, 0.15) is 65.4 Å². The lowest BCUT2D eigenvalue weighted by molar-refractivity contribution is -0.127. The molecule has 1 aromatic carbocycles. The Bertz CT molecular complexity index is 639. The minimum absolute atomic E-state index is 0.109. The van der Waals surface area contributed by atoms with Gasteiger partial charge in [-0.05, 0) is 42.4 Å². The fourth-order valence-electron chi connectivity index (χ4n) is 2.92. The van der Waals surface area contributed by atoms with E-state index in [4.69, 9.17) is 0 Å². The van der Waals surface area contributed by atoms with Gasteiger partial charge in [0, 0.05) is 12.1 Å². The zero-order valence-corrected chi connectivity index (χ0v) is 18.3. The fraction of sp³-hybridized carbons (Fsp3) is 0.609. The number of hydrogen-bond acceptors (Lipinski definition) is 3. The third-order valence-corrected chi connectivity index (χ3v) is 4.46. The Morgan fingerprint density at radius 3 is 2.00 bits per heavy atom. The van der Waals surface area contributed by atoms with E-state index in [1.807, 2.05) is 24.3 Å². The summed E-state index contributed by atoms with van der Waals surface area (Å²) < 4.78 is 0.